The van der Waals surface area contributed by atoms with Crippen LogP contribution in [0.2, 0.25) is 0 Å². The summed E-state index contributed by atoms with van der Waals surface area (Å²) in [6.07, 6.45) is -0.378. The lowest BCUT2D eigenvalue weighted by atomic mass is 10.2. The number of rotatable bonds is 8. The highest BCUT2D eigenvalue weighted by atomic mass is 16.7. The number of fused-ring (bicyclic) bond motifs is 1. The number of esters is 1. The van der Waals surface area contributed by atoms with E-state index in [1.54, 1.807) is 18.2 Å². The van der Waals surface area contributed by atoms with Gasteiger partial charge < -0.3 is 29.0 Å². The van der Waals surface area contributed by atoms with Crippen molar-refractivity contribution in [1.29, 1.82) is 0 Å². The Labute approximate surface area is 166 Å². The van der Waals surface area contributed by atoms with Crippen molar-refractivity contribution < 1.29 is 38.1 Å². The minimum absolute atomic E-state index is 0.128. The van der Waals surface area contributed by atoms with E-state index < -0.39 is 24.6 Å². The third-order valence-corrected chi connectivity index (χ3v) is 3.99. The van der Waals surface area contributed by atoms with Crippen LogP contribution in [-0.2, 0) is 14.3 Å². The Kier molecular flexibility index (Phi) is 6.18. The average molecular weight is 401 g/mol. The summed E-state index contributed by atoms with van der Waals surface area (Å²) < 4.78 is 26.0. The number of hydrogen-bond donors (Lipinski definition) is 1. The molecular formula is C20H19NO8. The molecule has 0 saturated carbocycles. The normalized spacial score (nSPS) is 12.6. The van der Waals surface area contributed by atoms with E-state index in [1.165, 1.54) is 32.2 Å². The highest BCUT2D eigenvalue weighted by Crippen LogP contribution is 2.34. The van der Waals surface area contributed by atoms with E-state index in [2.05, 4.69) is 5.32 Å². The lowest BCUT2D eigenvalue weighted by Crippen LogP contribution is -2.31. The van der Waals surface area contributed by atoms with Gasteiger partial charge >= 0.3 is 5.97 Å². The molecule has 0 saturated heterocycles. The Balaban J connectivity index is 1.51. The van der Waals surface area contributed by atoms with Gasteiger partial charge in [0.05, 0.1) is 7.11 Å². The van der Waals surface area contributed by atoms with Crippen LogP contribution in [0.25, 0.3) is 0 Å². The zero-order valence-electron chi connectivity index (χ0n) is 15.8. The third-order valence-electron chi connectivity index (χ3n) is 3.99. The first-order valence-corrected chi connectivity index (χ1v) is 8.66. The molecule has 9 heteroatoms. The molecule has 0 fully saturated rings. The molecule has 1 atom stereocenters. The van der Waals surface area contributed by atoms with Crippen molar-refractivity contribution in [2.75, 3.05) is 25.8 Å². The summed E-state index contributed by atoms with van der Waals surface area (Å²) in [6, 6.07) is 9.45. The third kappa shape index (κ3) is 4.95. The van der Waals surface area contributed by atoms with Crippen molar-refractivity contribution in [3.8, 4) is 23.0 Å². The number of carbonyl (C=O) groups is 3. The van der Waals surface area contributed by atoms with Crippen molar-refractivity contribution >= 4 is 23.9 Å². The molecule has 29 heavy (non-hydrogen) atoms. The molecule has 2 aromatic rings. The van der Waals surface area contributed by atoms with Gasteiger partial charge in [-0.3, -0.25) is 9.59 Å². The van der Waals surface area contributed by atoms with Crippen LogP contribution >= 0.6 is 0 Å². The molecule has 3 rings (SSSR count). The van der Waals surface area contributed by atoms with Crippen molar-refractivity contribution in [3.63, 3.8) is 0 Å². The van der Waals surface area contributed by atoms with Crippen LogP contribution in [0, 0.1) is 0 Å². The lowest BCUT2D eigenvalue weighted by molar-refractivity contribution is -0.155. The fraction of sp³-hybridized carbons (Fsp3) is 0.250. The number of ether oxygens (including phenoxy) is 5. The van der Waals surface area contributed by atoms with Crippen LogP contribution in [0.15, 0.2) is 36.4 Å². The van der Waals surface area contributed by atoms with Crippen LogP contribution in [-0.4, -0.2) is 44.8 Å². The van der Waals surface area contributed by atoms with E-state index in [0.717, 1.165) is 0 Å². The molecule has 0 radical (unpaired) electrons. The number of nitrogens with one attached hydrogen (secondary N) is 1. The molecule has 0 unspecified atom stereocenters. The van der Waals surface area contributed by atoms with Gasteiger partial charge in [0, 0.05) is 17.3 Å². The monoisotopic (exact) mass is 401 g/mol. The zero-order chi connectivity index (χ0) is 20.8. The molecule has 1 aliphatic rings. The second kappa shape index (κ2) is 8.96. The van der Waals surface area contributed by atoms with E-state index in [4.69, 9.17) is 23.7 Å². The minimum Gasteiger partial charge on any atom is -0.493 e. The second-order valence-corrected chi connectivity index (χ2v) is 6.01. The van der Waals surface area contributed by atoms with E-state index in [0.29, 0.717) is 34.8 Å². The molecule has 0 spiro atoms. The van der Waals surface area contributed by atoms with Crippen LogP contribution < -0.4 is 24.3 Å². The Morgan fingerprint density at radius 1 is 1.14 bits per heavy atom. The van der Waals surface area contributed by atoms with Crippen LogP contribution in [0.1, 0.15) is 17.3 Å². The summed E-state index contributed by atoms with van der Waals surface area (Å²) in [5.41, 5.74) is 0.893. The number of amides is 1. The second-order valence-electron chi connectivity index (χ2n) is 6.01. The molecule has 1 aliphatic heterocycles. The summed E-state index contributed by atoms with van der Waals surface area (Å²) in [5, 5.41) is 2.64. The molecule has 0 aromatic heterocycles. The van der Waals surface area contributed by atoms with Crippen molar-refractivity contribution in [2.24, 2.45) is 0 Å². The number of carbonyl (C=O) groups excluding carboxylic acids is 3. The van der Waals surface area contributed by atoms with Crippen molar-refractivity contribution in [3.05, 3.63) is 42.0 Å². The predicted octanol–water partition coefficient (Wildman–Crippen LogP) is 2.19. The van der Waals surface area contributed by atoms with E-state index in [1.807, 2.05) is 0 Å². The molecular weight excluding hydrogens is 382 g/mol. The van der Waals surface area contributed by atoms with Gasteiger partial charge in [-0.1, -0.05) is 0 Å². The summed E-state index contributed by atoms with van der Waals surface area (Å²) >= 11 is 0. The Hall–Kier alpha value is -3.75. The molecule has 1 amide bonds. The smallest absolute Gasteiger partial charge is 0.344 e. The van der Waals surface area contributed by atoms with E-state index in [9.17, 15) is 14.4 Å². The summed E-state index contributed by atoms with van der Waals surface area (Å²) in [5.74, 6) is 0.445. The lowest BCUT2D eigenvalue weighted by Gasteiger charge is -2.15. The molecule has 152 valence electrons. The first-order valence-electron chi connectivity index (χ1n) is 8.66. The molecule has 0 aliphatic carbocycles. The van der Waals surface area contributed by atoms with Gasteiger partial charge in [0.2, 0.25) is 6.79 Å². The Morgan fingerprint density at radius 3 is 2.69 bits per heavy atom. The van der Waals surface area contributed by atoms with Crippen LogP contribution in [0.4, 0.5) is 5.69 Å². The summed E-state index contributed by atoms with van der Waals surface area (Å²) in [4.78, 5) is 35.0. The summed E-state index contributed by atoms with van der Waals surface area (Å²) in [6.45, 7) is 1.14. The summed E-state index contributed by atoms with van der Waals surface area (Å²) in [7, 11) is 1.41. The quantitative estimate of drug-likeness (QED) is 0.530. The number of anilines is 1. The largest absolute Gasteiger partial charge is 0.493 e. The fourth-order valence-electron chi connectivity index (χ4n) is 2.52. The maximum atomic E-state index is 12.2. The zero-order valence-corrected chi connectivity index (χ0v) is 15.8. The molecule has 1 heterocycles. The number of aldehydes is 1. The number of methoxy groups -OCH3 is 1. The molecule has 0 bridgehead atoms. The molecule has 1 N–H and O–H groups in total. The Morgan fingerprint density at radius 2 is 1.93 bits per heavy atom. The van der Waals surface area contributed by atoms with Gasteiger partial charge in [-0.15, -0.1) is 0 Å². The van der Waals surface area contributed by atoms with Crippen LogP contribution in [0.3, 0.4) is 0 Å². The SMILES string of the molecule is COc1cc(C=O)ccc1OCC(=O)O[C@@H](C)C(=O)Nc1ccc2c(c1)OCO2. The molecule has 9 nitrogen and oxygen atoms in total. The van der Waals surface area contributed by atoms with Gasteiger partial charge in [-0.2, -0.15) is 0 Å². The molecule has 2 aromatic carbocycles. The van der Waals surface area contributed by atoms with Gasteiger partial charge in [0.25, 0.3) is 5.91 Å². The van der Waals surface area contributed by atoms with Gasteiger partial charge in [-0.05, 0) is 37.3 Å². The highest BCUT2D eigenvalue weighted by Gasteiger charge is 2.20. The minimum atomic E-state index is -1.05. The number of hydrogen-bond acceptors (Lipinski definition) is 8. The van der Waals surface area contributed by atoms with Crippen molar-refractivity contribution in [2.45, 2.75) is 13.0 Å². The standard InChI is InChI=1S/C20H19NO8/c1-12(20(24)21-14-4-6-16-18(8-14)28-11-27-16)29-19(23)10-26-15-5-3-13(9-22)7-17(15)25-2/h3-9,12H,10-11H2,1-2H3,(H,21,24)/t12-/m0/s1. The first kappa shape index (κ1) is 20.0. The van der Waals surface area contributed by atoms with Gasteiger partial charge in [-0.25, -0.2) is 4.79 Å². The van der Waals surface area contributed by atoms with E-state index >= 15 is 0 Å². The van der Waals surface area contributed by atoms with Crippen molar-refractivity contribution in [1.82, 2.24) is 0 Å². The average Bonchev–Trinajstić information content (AvgIpc) is 3.19. The Bertz CT molecular complexity index is 927. The maximum absolute atomic E-state index is 12.2. The maximum Gasteiger partial charge on any atom is 0.344 e. The number of benzene rings is 2. The first-order chi connectivity index (χ1) is 14.0. The topological polar surface area (TPSA) is 109 Å². The fourth-order valence-corrected chi connectivity index (χ4v) is 2.52. The van der Waals surface area contributed by atoms with E-state index in [-0.39, 0.29) is 12.5 Å². The van der Waals surface area contributed by atoms with Gasteiger partial charge in [0.1, 0.15) is 6.29 Å². The highest BCUT2D eigenvalue weighted by molar-refractivity contribution is 5.95. The predicted molar refractivity (Wildman–Crippen MR) is 101 cm³/mol. The van der Waals surface area contributed by atoms with Crippen LogP contribution in [0.5, 0.6) is 23.0 Å². The van der Waals surface area contributed by atoms with Gasteiger partial charge in [0.15, 0.2) is 35.7 Å².